The molecule has 0 radical (unpaired) electrons. The number of hydrogen-bond donors (Lipinski definition) is 6. The maximum Gasteiger partial charge on any atom is 0.305 e. The molecule has 7 rings (SSSR count). The lowest BCUT2D eigenvalue weighted by atomic mass is 10.0. The first-order valence-corrected chi connectivity index (χ1v) is 23.4. The van der Waals surface area contributed by atoms with Gasteiger partial charge in [-0.25, -0.2) is 5.01 Å². The number of carboxylic acid groups (broad SMARTS) is 2. The first kappa shape index (κ1) is 55.1. The number of rotatable bonds is 18. The second-order valence-corrected chi connectivity index (χ2v) is 17.3. The quantitative estimate of drug-likeness (QED) is 0.0439. The molecule has 8 amide bonds. The summed E-state index contributed by atoms with van der Waals surface area (Å²) in [4.78, 5) is 164. The molecule has 3 aliphatic rings. The molecular formula is C51H52N8O16. The highest BCUT2D eigenvalue weighted by molar-refractivity contribution is 6.43. The molecule has 3 aliphatic heterocycles. The van der Waals surface area contributed by atoms with Crippen LogP contribution in [0.1, 0.15) is 59.2 Å². The maximum absolute atomic E-state index is 13.9. The number of aliphatic carboxylic acids is 2. The fourth-order valence-corrected chi connectivity index (χ4v) is 8.62. The monoisotopic (exact) mass is 1030 g/mol. The van der Waals surface area contributed by atoms with E-state index in [1.54, 1.807) is 60.7 Å². The molecule has 3 heterocycles. The van der Waals surface area contributed by atoms with Crippen molar-refractivity contribution in [3.8, 4) is 0 Å². The van der Waals surface area contributed by atoms with Gasteiger partial charge in [0.25, 0.3) is 29.5 Å². The van der Waals surface area contributed by atoms with E-state index in [1.807, 2.05) is 18.2 Å². The number of nitrogens with one attached hydrogen (secondary N) is 4. The van der Waals surface area contributed by atoms with Gasteiger partial charge in [-0.15, -0.1) is 0 Å². The number of hydrazine groups is 1. The smallest absolute Gasteiger partial charge is 0.305 e. The Kier molecular flexibility index (Phi) is 18.7. The standard InChI is InChI=1S/C29H28N4O8.C22H24N4O8/c1-41-17-26(36)32-14-22(31-28(39)21-10-6-8-18-7-2-3-9-20(18)21)29(40)33(24-12-5-4-11-23(24)32)15-25(35)30-19(16-34)13-27(37)38;27-12-14(11-18(29)30)23-20(32)16-7-4-10-25-17(28)9-8-15(22(34)26(16)25)24-21(33)19(31)13-5-2-1-3-6-13/h2-12,16,19,22H,13-15,17H2,1H3,(H,30,35)(H,31,39)(H,37,38);1-3,5-6,12,14-16H,4,7-11H2,(H,23,32)(H,24,33)(H,29,30)/t19-,22-;14-,15-,16-/m00/s1. The lowest BCUT2D eigenvalue weighted by Crippen LogP contribution is -2.64. The minimum absolute atomic E-state index is 0.0667. The third kappa shape index (κ3) is 13.7. The van der Waals surface area contributed by atoms with Gasteiger partial charge in [-0.05, 0) is 48.2 Å². The molecule has 5 atom stereocenters. The van der Waals surface area contributed by atoms with E-state index < -0.39 is 115 Å². The number of carbonyl (C=O) groups excluding carboxylic acids is 11. The Bertz CT molecular complexity index is 2890. The zero-order valence-corrected chi connectivity index (χ0v) is 40.2. The van der Waals surface area contributed by atoms with E-state index in [2.05, 4.69) is 21.3 Å². The Morgan fingerprint density at radius 1 is 0.720 bits per heavy atom. The largest absolute Gasteiger partial charge is 0.481 e. The highest BCUT2D eigenvalue weighted by Gasteiger charge is 2.45. The van der Waals surface area contributed by atoms with Crippen molar-refractivity contribution < 1.29 is 77.3 Å². The van der Waals surface area contributed by atoms with Crippen molar-refractivity contribution in [1.29, 1.82) is 0 Å². The third-order valence-electron chi connectivity index (χ3n) is 12.1. The van der Waals surface area contributed by atoms with Crippen molar-refractivity contribution in [2.45, 2.75) is 68.7 Å². The van der Waals surface area contributed by atoms with Crippen molar-refractivity contribution in [3.63, 3.8) is 0 Å². The molecule has 0 aromatic heterocycles. The summed E-state index contributed by atoms with van der Waals surface area (Å²) in [5.41, 5.74) is 0.960. The summed E-state index contributed by atoms with van der Waals surface area (Å²) >= 11 is 0. The van der Waals surface area contributed by atoms with Crippen molar-refractivity contribution in [2.75, 3.05) is 43.2 Å². The number of benzene rings is 4. The van der Waals surface area contributed by atoms with E-state index in [-0.39, 0.29) is 56.5 Å². The molecule has 4 aromatic carbocycles. The highest BCUT2D eigenvalue weighted by atomic mass is 16.5. The van der Waals surface area contributed by atoms with Gasteiger partial charge in [0.15, 0.2) is 0 Å². The molecule has 2 saturated heterocycles. The van der Waals surface area contributed by atoms with Gasteiger partial charge in [-0.1, -0.05) is 78.9 Å². The Morgan fingerprint density at radius 3 is 2.01 bits per heavy atom. The van der Waals surface area contributed by atoms with Crippen LogP contribution in [0.4, 0.5) is 11.4 Å². The lowest BCUT2D eigenvalue weighted by molar-refractivity contribution is -0.176. The van der Waals surface area contributed by atoms with Crippen molar-refractivity contribution >= 4 is 99.7 Å². The van der Waals surface area contributed by atoms with Crippen LogP contribution in [-0.4, -0.2) is 161 Å². The Balaban J connectivity index is 0.000000248. The number of para-hydroxylation sites is 2. The summed E-state index contributed by atoms with van der Waals surface area (Å²) in [6.07, 6.45) is -0.324. The van der Waals surface area contributed by atoms with Crippen LogP contribution in [0.2, 0.25) is 0 Å². The van der Waals surface area contributed by atoms with Gasteiger partial charge < -0.3 is 50.7 Å². The Hall–Kier alpha value is -9.19. The van der Waals surface area contributed by atoms with Crippen LogP contribution < -0.4 is 31.1 Å². The molecule has 392 valence electrons. The third-order valence-corrected chi connectivity index (χ3v) is 12.1. The average molecular weight is 1030 g/mol. The number of nitrogens with zero attached hydrogens (tertiary/aromatic N) is 4. The van der Waals surface area contributed by atoms with Gasteiger partial charge in [0.2, 0.25) is 23.5 Å². The summed E-state index contributed by atoms with van der Waals surface area (Å²) in [7, 11) is 1.35. The molecule has 75 heavy (non-hydrogen) atoms. The highest BCUT2D eigenvalue weighted by Crippen LogP contribution is 2.33. The zero-order chi connectivity index (χ0) is 54.3. The van der Waals surface area contributed by atoms with E-state index in [1.165, 1.54) is 30.2 Å². The molecular weight excluding hydrogens is 981 g/mol. The summed E-state index contributed by atoms with van der Waals surface area (Å²) in [5.74, 6) is -8.97. The van der Waals surface area contributed by atoms with Crippen LogP contribution >= 0.6 is 0 Å². The molecule has 0 spiro atoms. The van der Waals surface area contributed by atoms with E-state index >= 15 is 0 Å². The van der Waals surface area contributed by atoms with Crippen LogP contribution in [-0.2, 0) is 57.5 Å². The summed E-state index contributed by atoms with van der Waals surface area (Å²) in [6, 6.07) is 20.3. The number of methoxy groups -OCH3 is 1. The lowest BCUT2D eigenvalue weighted by Gasteiger charge is -2.43. The van der Waals surface area contributed by atoms with Gasteiger partial charge in [0.05, 0.1) is 42.8 Å². The van der Waals surface area contributed by atoms with E-state index in [0.717, 1.165) is 20.3 Å². The number of ether oxygens (including phenoxy) is 1. The predicted octanol–water partition coefficient (Wildman–Crippen LogP) is 0.164. The molecule has 0 aliphatic carbocycles. The molecule has 24 heteroatoms. The minimum atomic E-state index is -1.31. The molecule has 0 bridgehead atoms. The Morgan fingerprint density at radius 2 is 1.35 bits per heavy atom. The molecule has 2 fully saturated rings. The molecule has 6 N–H and O–H groups in total. The van der Waals surface area contributed by atoms with E-state index in [9.17, 15) is 62.3 Å². The average Bonchev–Trinajstić information content (AvgIpc) is 3.59. The first-order valence-electron chi connectivity index (χ1n) is 23.4. The zero-order valence-electron chi connectivity index (χ0n) is 40.2. The van der Waals surface area contributed by atoms with Crippen LogP contribution in [0.3, 0.4) is 0 Å². The van der Waals surface area contributed by atoms with Crippen molar-refractivity contribution in [3.05, 3.63) is 108 Å². The fourth-order valence-electron chi connectivity index (χ4n) is 8.62. The van der Waals surface area contributed by atoms with Crippen molar-refractivity contribution in [2.24, 2.45) is 0 Å². The molecule has 24 nitrogen and oxygen atoms in total. The first-order chi connectivity index (χ1) is 35.9. The molecule has 0 saturated carbocycles. The summed E-state index contributed by atoms with van der Waals surface area (Å²) < 4.78 is 5.03. The SMILES string of the molecule is COCC(=O)N1C[C@H](NC(=O)c2cccc3ccccc23)C(=O)N(CC(=O)N[C@H](C=O)CC(=O)O)c2ccccc21.O=C[C@H](CC(=O)O)NC(=O)[C@@H]1CCCN2C(=O)CC[C@H](NC(=O)C(=O)c3ccccc3)C(=O)N12. The summed E-state index contributed by atoms with van der Waals surface area (Å²) in [6.45, 7) is -0.983. The minimum Gasteiger partial charge on any atom is -0.481 e. The molecule has 0 unspecified atom stereocenters. The number of Topliss-reactive ketones (excluding diaryl/α,β-unsaturated/α-hetero) is 1. The number of hydrogen-bond acceptors (Lipinski definition) is 14. The number of fused-ring (bicyclic) bond motifs is 3. The normalized spacial score (nSPS) is 18.0. The number of amides is 8. The predicted molar refractivity (Wildman–Crippen MR) is 262 cm³/mol. The number of ketones is 1. The second-order valence-electron chi connectivity index (χ2n) is 17.3. The van der Waals surface area contributed by atoms with Crippen LogP contribution in [0.5, 0.6) is 0 Å². The topological polar surface area (TPSA) is 333 Å². The van der Waals surface area contributed by atoms with Crippen molar-refractivity contribution in [1.82, 2.24) is 31.3 Å². The number of carbonyl (C=O) groups is 13. The number of aldehydes is 2. The van der Waals surface area contributed by atoms with Gasteiger partial charge in [0, 0.05) is 31.2 Å². The van der Waals surface area contributed by atoms with Gasteiger partial charge in [-0.2, -0.15) is 0 Å². The number of carboxylic acids is 2. The van der Waals surface area contributed by atoms with Crippen LogP contribution in [0, 0.1) is 0 Å². The Labute approximate surface area is 427 Å². The summed E-state index contributed by atoms with van der Waals surface area (Å²) in [5, 5.41) is 31.2. The van der Waals surface area contributed by atoms with Crippen LogP contribution in [0.25, 0.3) is 10.8 Å². The van der Waals surface area contributed by atoms with Crippen LogP contribution in [0.15, 0.2) is 97.1 Å². The van der Waals surface area contributed by atoms with E-state index in [4.69, 9.17) is 14.9 Å². The number of anilines is 2. The fraction of sp³-hybridized carbons (Fsp3) is 0.314. The second kappa shape index (κ2) is 25.5. The molecule has 4 aromatic rings. The van der Waals surface area contributed by atoms with Gasteiger partial charge in [0.1, 0.15) is 43.8 Å². The van der Waals surface area contributed by atoms with Gasteiger partial charge >= 0.3 is 11.9 Å². The van der Waals surface area contributed by atoms with E-state index in [0.29, 0.717) is 29.3 Å². The van der Waals surface area contributed by atoms with Gasteiger partial charge in [-0.3, -0.25) is 62.6 Å². The maximum atomic E-state index is 13.9.